The molecule has 3 heteroatoms. The van der Waals surface area contributed by atoms with E-state index in [1.807, 2.05) is 11.3 Å². The van der Waals surface area contributed by atoms with Gasteiger partial charge in [0, 0.05) is 22.4 Å². The van der Waals surface area contributed by atoms with Crippen LogP contribution in [-0.2, 0) is 6.54 Å². The molecule has 0 aliphatic heterocycles. The van der Waals surface area contributed by atoms with E-state index in [1.165, 1.54) is 30.8 Å². The zero-order valence-electron chi connectivity index (χ0n) is 14.0. The van der Waals surface area contributed by atoms with Gasteiger partial charge in [-0.05, 0) is 43.8 Å². The molecule has 0 amide bonds. The molecule has 0 aliphatic rings. The van der Waals surface area contributed by atoms with Crippen LogP contribution in [0, 0.1) is 23.7 Å². The van der Waals surface area contributed by atoms with Gasteiger partial charge in [-0.25, -0.2) is 0 Å². The molecule has 0 saturated heterocycles. The van der Waals surface area contributed by atoms with Crippen molar-refractivity contribution >= 4 is 11.3 Å². The SMILES string of the molecule is CC(C)CCN(CCC(C)C)Cc1cc(C#CCN)cs1. The van der Waals surface area contributed by atoms with Gasteiger partial charge in [0.05, 0.1) is 6.54 Å². The number of rotatable bonds is 8. The molecule has 0 spiro atoms. The van der Waals surface area contributed by atoms with Crippen molar-refractivity contribution in [3.8, 4) is 11.8 Å². The van der Waals surface area contributed by atoms with Gasteiger partial charge in [0.25, 0.3) is 0 Å². The molecule has 0 fully saturated rings. The van der Waals surface area contributed by atoms with E-state index in [9.17, 15) is 0 Å². The van der Waals surface area contributed by atoms with Crippen LogP contribution in [0.25, 0.3) is 0 Å². The molecule has 2 N–H and O–H groups in total. The van der Waals surface area contributed by atoms with E-state index in [0.29, 0.717) is 6.54 Å². The highest BCUT2D eigenvalue weighted by atomic mass is 32.1. The zero-order chi connectivity index (χ0) is 15.7. The number of thiophene rings is 1. The van der Waals surface area contributed by atoms with Crippen LogP contribution in [0.1, 0.15) is 51.0 Å². The zero-order valence-corrected chi connectivity index (χ0v) is 14.8. The van der Waals surface area contributed by atoms with Crippen LogP contribution in [-0.4, -0.2) is 24.5 Å². The monoisotopic (exact) mass is 306 g/mol. The lowest BCUT2D eigenvalue weighted by atomic mass is 10.1. The maximum atomic E-state index is 5.42. The average molecular weight is 307 g/mol. The predicted octanol–water partition coefficient (Wildman–Crippen LogP) is 3.95. The van der Waals surface area contributed by atoms with Gasteiger partial charge in [-0.3, -0.25) is 4.90 Å². The van der Waals surface area contributed by atoms with Crippen molar-refractivity contribution in [2.24, 2.45) is 17.6 Å². The van der Waals surface area contributed by atoms with E-state index in [4.69, 9.17) is 5.73 Å². The Balaban J connectivity index is 2.59. The smallest absolute Gasteiger partial charge is 0.0555 e. The van der Waals surface area contributed by atoms with Crippen LogP contribution in [0.5, 0.6) is 0 Å². The topological polar surface area (TPSA) is 29.3 Å². The fourth-order valence-electron chi connectivity index (χ4n) is 2.05. The molecule has 118 valence electrons. The lowest BCUT2D eigenvalue weighted by molar-refractivity contribution is 0.237. The van der Waals surface area contributed by atoms with E-state index in [-0.39, 0.29) is 0 Å². The largest absolute Gasteiger partial charge is 0.320 e. The fraction of sp³-hybridized carbons (Fsp3) is 0.667. The standard InChI is InChI=1S/C18H30N2S/c1-15(2)7-10-20(11-8-16(3)4)13-18-12-17(14-21-18)6-5-9-19/h12,14-16H,7-11,13,19H2,1-4H3. The van der Waals surface area contributed by atoms with E-state index in [0.717, 1.165) is 23.9 Å². The molecule has 1 aromatic rings. The molecular formula is C18H30N2S. The second kappa shape index (κ2) is 10.00. The Morgan fingerprint density at radius 2 is 1.76 bits per heavy atom. The lowest BCUT2D eigenvalue weighted by Gasteiger charge is -2.23. The number of nitrogens with two attached hydrogens (primary N) is 1. The summed E-state index contributed by atoms with van der Waals surface area (Å²) in [4.78, 5) is 4.00. The van der Waals surface area contributed by atoms with Crippen molar-refractivity contribution in [1.29, 1.82) is 0 Å². The van der Waals surface area contributed by atoms with Gasteiger partial charge in [0.15, 0.2) is 0 Å². The Hall–Kier alpha value is -0.820. The molecule has 0 atom stereocenters. The van der Waals surface area contributed by atoms with Gasteiger partial charge in [0.2, 0.25) is 0 Å². The molecule has 21 heavy (non-hydrogen) atoms. The predicted molar refractivity (Wildman–Crippen MR) is 94.4 cm³/mol. The first-order valence-corrected chi connectivity index (χ1v) is 8.88. The van der Waals surface area contributed by atoms with Crippen LogP contribution in [0.2, 0.25) is 0 Å². The summed E-state index contributed by atoms with van der Waals surface area (Å²) in [6.07, 6.45) is 2.53. The summed E-state index contributed by atoms with van der Waals surface area (Å²) in [5.74, 6) is 7.57. The highest BCUT2D eigenvalue weighted by Gasteiger charge is 2.09. The Bertz CT molecular complexity index is 439. The Morgan fingerprint density at radius 3 is 2.29 bits per heavy atom. The fourth-order valence-corrected chi connectivity index (χ4v) is 2.91. The highest BCUT2D eigenvalue weighted by Crippen LogP contribution is 2.18. The van der Waals surface area contributed by atoms with Crippen molar-refractivity contribution in [3.63, 3.8) is 0 Å². The number of nitrogens with zero attached hydrogens (tertiary/aromatic N) is 1. The second-order valence-corrected chi connectivity index (χ2v) is 7.44. The molecule has 0 radical (unpaired) electrons. The van der Waals surface area contributed by atoms with Gasteiger partial charge in [0.1, 0.15) is 0 Å². The first kappa shape index (κ1) is 18.2. The summed E-state index contributed by atoms with van der Waals surface area (Å²) in [5, 5.41) is 2.14. The maximum absolute atomic E-state index is 5.42. The van der Waals surface area contributed by atoms with Gasteiger partial charge < -0.3 is 5.73 Å². The Kier molecular flexibility index (Phi) is 8.68. The first-order chi connectivity index (χ1) is 10.0. The molecule has 2 nitrogen and oxygen atoms in total. The van der Waals surface area contributed by atoms with Crippen molar-refractivity contribution in [1.82, 2.24) is 4.90 Å². The summed E-state index contributed by atoms with van der Waals surface area (Å²) >= 11 is 1.81. The van der Waals surface area contributed by atoms with Gasteiger partial charge in [-0.15, -0.1) is 11.3 Å². The van der Waals surface area contributed by atoms with Gasteiger partial charge in [-0.2, -0.15) is 0 Å². The molecule has 0 unspecified atom stereocenters. The molecule has 0 aliphatic carbocycles. The van der Waals surface area contributed by atoms with Crippen LogP contribution in [0.3, 0.4) is 0 Å². The Labute approximate surface area is 134 Å². The second-order valence-electron chi connectivity index (χ2n) is 6.45. The summed E-state index contributed by atoms with van der Waals surface area (Å²) in [5.41, 5.74) is 6.53. The summed E-state index contributed by atoms with van der Waals surface area (Å²) in [6.45, 7) is 13.0. The summed E-state index contributed by atoms with van der Waals surface area (Å²) in [6, 6.07) is 2.21. The number of hydrogen-bond acceptors (Lipinski definition) is 3. The molecule has 0 saturated carbocycles. The molecule has 1 aromatic heterocycles. The first-order valence-electron chi connectivity index (χ1n) is 8.00. The average Bonchev–Trinajstić information content (AvgIpc) is 2.86. The number of hydrogen-bond donors (Lipinski definition) is 1. The highest BCUT2D eigenvalue weighted by molar-refractivity contribution is 7.10. The van der Waals surface area contributed by atoms with Gasteiger partial charge in [-0.1, -0.05) is 39.5 Å². The quantitative estimate of drug-likeness (QED) is 0.737. The summed E-state index contributed by atoms with van der Waals surface area (Å²) < 4.78 is 0. The van der Waals surface area contributed by atoms with Crippen LogP contribution >= 0.6 is 11.3 Å². The van der Waals surface area contributed by atoms with E-state index >= 15 is 0 Å². The van der Waals surface area contributed by atoms with Crippen LogP contribution in [0.4, 0.5) is 0 Å². The van der Waals surface area contributed by atoms with Crippen molar-refractivity contribution in [3.05, 3.63) is 21.9 Å². The van der Waals surface area contributed by atoms with E-state index in [2.05, 4.69) is 55.9 Å². The minimum atomic E-state index is 0.431. The molecule has 1 heterocycles. The third-order valence-corrected chi connectivity index (χ3v) is 4.33. The molecule has 1 rings (SSSR count). The lowest BCUT2D eigenvalue weighted by Crippen LogP contribution is -2.27. The van der Waals surface area contributed by atoms with Crippen LogP contribution < -0.4 is 5.73 Å². The van der Waals surface area contributed by atoms with E-state index in [1.54, 1.807) is 0 Å². The van der Waals surface area contributed by atoms with Crippen molar-refractivity contribution < 1.29 is 0 Å². The molecule has 0 aromatic carbocycles. The normalized spacial score (nSPS) is 11.2. The van der Waals surface area contributed by atoms with Crippen molar-refractivity contribution in [2.45, 2.75) is 47.1 Å². The van der Waals surface area contributed by atoms with E-state index < -0.39 is 0 Å². The summed E-state index contributed by atoms with van der Waals surface area (Å²) in [7, 11) is 0. The minimum Gasteiger partial charge on any atom is -0.320 e. The van der Waals surface area contributed by atoms with Crippen LogP contribution in [0.15, 0.2) is 11.4 Å². The third kappa shape index (κ3) is 8.26. The third-order valence-electron chi connectivity index (χ3n) is 3.41. The van der Waals surface area contributed by atoms with Gasteiger partial charge >= 0.3 is 0 Å². The van der Waals surface area contributed by atoms with Crippen molar-refractivity contribution in [2.75, 3.05) is 19.6 Å². The molecular weight excluding hydrogens is 276 g/mol. The minimum absolute atomic E-state index is 0.431. The molecule has 0 bridgehead atoms. The maximum Gasteiger partial charge on any atom is 0.0555 e. The Morgan fingerprint density at radius 1 is 1.14 bits per heavy atom.